The first kappa shape index (κ1) is 10.8. The molecule has 0 spiro atoms. The number of aryl methyl sites for hydroxylation is 1. The summed E-state index contributed by atoms with van der Waals surface area (Å²) >= 11 is 0. The van der Waals surface area contributed by atoms with Crippen LogP contribution in [0.4, 0.5) is 8.78 Å². The number of hydrogen-bond acceptors (Lipinski definition) is 1. The van der Waals surface area contributed by atoms with Crippen molar-refractivity contribution >= 4 is 0 Å². The molecule has 1 aromatic heterocycles. The number of halogens is 2. The van der Waals surface area contributed by atoms with Crippen molar-refractivity contribution in [2.75, 3.05) is 0 Å². The highest BCUT2D eigenvalue weighted by molar-refractivity contribution is 5.43. The van der Waals surface area contributed by atoms with Crippen molar-refractivity contribution in [1.29, 1.82) is 0 Å². The Kier molecular flexibility index (Phi) is 2.50. The van der Waals surface area contributed by atoms with E-state index in [2.05, 4.69) is 5.10 Å². The molecular weight excluding hydrogens is 210 g/mol. The second-order valence-electron chi connectivity index (χ2n) is 3.79. The molecule has 2 aromatic rings. The highest BCUT2D eigenvalue weighted by Crippen LogP contribution is 2.31. The van der Waals surface area contributed by atoms with Crippen molar-refractivity contribution in [3.63, 3.8) is 0 Å². The number of aromatic nitrogens is 2. The predicted octanol–water partition coefficient (Wildman–Crippen LogP) is 3.29. The van der Waals surface area contributed by atoms with Crippen LogP contribution in [0.3, 0.4) is 0 Å². The summed E-state index contributed by atoms with van der Waals surface area (Å²) in [6, 6.07) is 8.19. The van der Waals surface area contributed by atoms with E-state index in [0.717, 1.165) is 12.6 Å². The maximum atomic E-state index is 13.4. The molecule has 0 aliphatic heterocycles. The molecule has 0 radical (unpaired) electrons. The second kappa shape index (κ2) is 3.70. The molecule has 2 rings (SSSR count). The van der Waals surface area contributed by atoms with Crippen molar-refractivity contribution in [2.24, 2.45) is 0 Å². The number of benzene rings is 1. The molecule has 0 N–H and O–H groups in total. The van der Waals surface area contributed by atoms with E-state index in [1.807, 2.05) is 6.92 Å². The highest BCUT2D eigenvalue weighted by atomic mass is 19.3. The van der Waals surface area contributed by atoms with E-state index in [1.165, 1.54) is 10.7 Å². The topological polar surface area (TPSA) is 17.8 Å². The molecule has 0 aliphatic rings. The lowest BCUT2D eigenvalue weighted by Gasteiger charge is -2.16. The number of alkyl halides is 2. The molecule has 84 valence electrons. The molecule has 0 saturated carbocycles. The summed E-state index contributed by atoms with van der Waals surface area (Å²) in [5.74, 6) is -2.87. The van der Waals surface area contributed by atoms with E-state index in [1.54, 1.807) is 30.5 Å². The van der Waals surface area contributed by atoms with Gasteiger partial charge >= 0.3 is 0 Å². The molecule has 0 amide bonds. The monoisotopic (exact) mass is 222 g/mol. The van der Waals surface area contributed by atoms with Gasteiger partial charge in [0.2, 0.25) is 0 Å². The minimum atomic E-state index is -2.87. The third kappa shape index (κ3) is 1.83. The van der Waals surface area contributed by atoms with Crippen LogP contribution in [0.25, 0.3) is 5.69 Å². The number of rotatable bonds is 2. The molecule has 16 heavy (non-hydrogen) atoms. The quantitative estimate of drug-likeness (QED) is 0.762. The lowest BCUT2D eigenvalue weighted by Crippen LogP contribution is -2.13. The van der Waals surface area contributed by atoms with Gasteiger partial charge in [-0.15, -0.1) is 0 Å². The fourth-order valence-electron chi connectivity index (χ4n) is 1.65. The molecule has 4 heteroatoms. The first-order chi connectivity index (χ1) is 7.50. The summed E-state index contributed by atoms with van der Waals surface area (Å²) in [5, 5.41) is 4.04. The first-order valence-electron chi connectivity index (χ1n) is 4.98. The molecule has 2 nitrogen and oxygen atoms in total. The maximum absolute atomic E-state index is 13.4. The second-order valence-corrected chi connectivity index (χ2v) is 3.79. The van der Waals surface area contributed by atoms with Crippen LogP contribution in [0, 0.1) is 6.92 Å². The molecule has 0 unspecified atom stereocenters. The van der Waals surface area contributed by atoms with Gasteiger partial charge in [-0.25, -0.2) is 13.5 Å². The zero-order chi connectivity index (χ0) is 11.8. The number of para-hydroxylation sites is 1. The average molecular weight is 222 g/mol. The number of hydrogen-bond donors (Lipinski definition) is 0. The van der Waals surface area contributed by atoms with Gasteiger partial charge in [-0.2, -0.15) is 5.10 Å². The van der Waals surface area contributed by atoms with Gasteiger partial charge in [-0.1, -0.05) is 18.2 Å². The maximum Gasteiger partial charge on any atom is 0.272 e. The van der Waals surface area contributed by atoms with Crippen LogP contribution in [-0.2, 0) is 5.92 Å². The lowest BCUT2D eigenvalue weighted by molar-refractivity contribution is 0.0173. The van der Waals surface area contributed by atoms with Gasteiger partial charge in [0.25, 0.3) is 5.92 Å². The van der Waals surface area contributed by atoms with Crippen LogP contribution in [0.2, 0.25) is 0 Å². The van der Waals surface area contributed by atoms with Gasteiger partial charge in [0.15, 0.2) is 0 Å². The smallest absolute Gasteiger partial charge is 0.238 e. The molecule has 1 aromatic carbocycles. The van der Waals surface area contributed by atoms with Gasteiger partial charge in [-0.3, -0.25) is 0 Å². The minimum absolute atomic E-state index is 0.0122. The van der Waals surface area contributed by atoms with Crippen molar-refractivity contribution in [1.82, 2.24) is 9.78 Å². The van der Waals surface area contributed by atoms with E-state index in [9.17, 15) is 8.78 Å². The number of nitrogens with zero attached hydrogens (tertiary/aromatic N) is 2. The molecular formula is C12H12F2N2. The Hall–Kier alpha value is -1.71. The normalized spacial score (nSPS) is 11.8. The lowest BCUT2D eigenvalue weighted by atomic mass is 10.1. The zero-order valence-corrected chi connectivity index (χ0v) is 9.11. The Morgan fingerprint density at radius 1 is 1.19 bits per heavy atom. The summed E-state index contributed by atoms with van der Waals surface area (Å²) < 4.78 is 28.3. The van der Waals surface area contributed by atoms with Crippen molar-refractivity contribution < 1.29 is 8.78 Å². The summed E-state index contributed by atoms with van der Waals surface area (Å²) in [6.07, 6.45) is 1.60. The molecule has 0 aliphatic carbocycles. The van der Waals surface area contributed by atoms with Gasteiger partial charge in [0.05, 0.1) is 5.69 Å². The van der Waals surface area contributed by atoms with E-state index in [0.29, 0.717) is 5.69 Å². The summed E-state index contributed by atoms with van der Waals surface area (Å²) in [4.78, 5) is 0. The predicted molar refractivity (Wildman–Crippen MR) is 57.9 cm³/mol. The van der Waals surface area contributed by atoms with Gasteiger partial charge in [0.1, 0.15) is 0 Å². The third-order valence-electron chi connectivity index (χ3n) is 2.44. The van der Waals surface area contributed by atoms with E-state index < -0.39 is 5.92 Å². The largest absolute Gasteiger partial charge is 0.272 e. The van der Waals surface area contributed by atoms with E-state index in [-0.39, 0.29) is 5.56 Å². The summed E-state index contributed by atoms with van der Waals surface area (Å²) in [5.41, 5.74) is 1.25. The Morgan fingerprint density at radius 2 is 1.88 bits per heavy atom. The first-order valence-corrected chi connectivity index (χ1v) is 4.98. The molecule has 0 bridgehead atoms. The SMILES string of the molecule is Cc1ccnn1-c1ccccc1C(C)(F)F. The Bertz CT molecular complexity index is 498. The van der Waals surface area contributed by atoms with Gasteiger partial charge in [0, 0.05) is 24.4 Å². The average Bonchev–Trinajstić information content (AvgIpc) is 2.63. The fourth-order valence-corrected chi connectivity index (χ4v) is 1.65. The van der Waals surface area contributed by atoms with Crippen molar-refractivity contribution in [3.8, 4) is 5.69 Å². The highest BCUT2D eigenvalue weighted by Gasteiger charge is 2.28. The molecule has 0 saturated heterocycles. The minimum Gasteiger partial charge on any atom is -0.238 e. The fraction of sp³-hybridized carbons (Fsp3) is 0.250. The summed E-state index contributed by atoms with van der Waals surface area (Å²) in [7, 11) is 0. The Labute approximate surface area is 92.5 Å². The van der Waals surface area contributed by atoms with Gasteiger partial charge < -0.3 is 0 Å². The zero-order valence-electron chi connectivity index (χ0n) is 9.11. The van der Waals surface area contributed by atoms with Crippen LogP contribution in [0.15, 0.2) is 36.5 Å². The molecule has 0 fully saturated rings. The van der Waals surface area contributed by atoms with Crippen molar-refractivity contribution in [3.05, 3.63) is 47.8 Å². The van der Waals surface area contributed by atoms with Gasteiger partial charge in [-0.05, 0) is 19.1 Å². The third-order valence-corrected chi connectivity index (χ3v) is 2.44. The van der Waals surface area contributed by atoms with Crippen LogP contribution in [-0.4, -0.2) is 9.78 Å². The van der Waals surface area contributed by atoms with Crippen LogP contribution in [0.5, 0.6) is 0 Å². The van der Waals surface area contributed by atoms with E-state index in [4.69, 9.17) is 0 Å². The molecule has 0 atom stereocenters. The molecule has 1 heterocycles. The summed E-state index contributed by atoms with van der Waals surface area (Å²) in [6.45, 7) is 2.72. The van der Waals surface area contributed by atoms with Crippen LogP contribution >= 0.6 is 0 Å². The Morgan fingerprint density at radius 3 is 2.44 bits per heavy atom. The van der Waals surface area contributed by atoms with Crippen LogP contribution in [0.1, 0.15) is 18.2 Å². The van der Waals surface area contributed by atoms with Crippen LogP contribution < -0.4 is 0 Å². The Balaban J connectivity index is 2.62. The van der Waals surface area contributed by atoms with E-state index >= 15 is 0 Å². The van der Waals surface area contributed by atoms with Crippen molar-refractivity contribution in [2.45, 2.75) is 19.8 Å². The standard InChI is InChI=1S/C12H12F2N2/c1-9-7-8-15-16(9)11-6-4-3-5-10(11)12(2,13)14/h3-8H,1-2H3.